The van der Waals surface area contributed by atoms with Crippen molar-refractivity contribution in [3.05, 3.63) is 54.1 Å². The molecule has 5 heteroatoms. The Hall–Kier alpha value is -2.53. The summed E-state index contributed by atoms with van der Waals surface area (Å²) in [5.74, 6) is 0.754. The molecule has 0 bridgehead atoms. The van der Waals surface area contributed by atoms with Gasteiger partial charge in [-0.1, -0.05) is 44.2 Å². The number of phenolic OH excluding ortho intramolecular Hbond substituents is 1. The first kappa shape index (κ1) is 20.2. The lowest BCUT2D eigenvalue weighted by Crippen LogP contribution is -2.52. The summed E-state index contributed by atoms with van der Waals surface area (Å²) in [5.41, 5.74) is 2.97. The van der Waals surface area contributed by atoms with Crippen LogP contribution < -0.4 is 10.2 Å². The van der Waals surface area contributed by atoms with Crippen molar-refractivity contribution in [2.24, 2.45) is 0 Å². The molecule has 5 nitrogen and oxygen atoms in total. The summed E-state index contributed by atoms with van der Waals surface area (Å²) >= 11 is 0. The summed E-state index contributed by atoms with van der Waals surface area (Å²) in [4.78, 5) is 17.3. The molecule has 0 aliphatic carbocycles. The second-order valence-corrected chi connectivity index (χ2v) is 7.57. The Bertz CT molecular complexity index is 800. The van der Waals surface area contributed by atoms with Gasteiger partial charge >= 0.3 is 0 Å². The molecule has 2 atom stereocenters. The molecule has 0 unspecified atom stereocenters. The maximum absolute atomic E-state index is 12.9. The fraction of sp³-hybridized carbons (Fsp3) is 0.435. The SMILES string of the molecule is CC[C@H](C)c1ccccc1NC(=O)[C@@H](C)N1CCN(c2ccccc2O)CC1. The largest absolute Gasteiger partial charge is 0.506 e. The zero-order chi connectivity index (χ0) is 20.1. The highest BCUT2D eigenvalue weighted by Gasteiger charge is 2.27. The molecule has 2 aromatic rings. The summed E-state index contributed by atoms with van der Waals surface area (Å²) in [6.07, 6.45) is 1.04. The van der Waals surface area contributed by atoms with E-state index < -0.39 is 0 Å². The Balaban J connectivity index is 1.60. The number of piperazine rings is 1. The van der Waals surface area contributed by atoms with Crippen LogP contribution in [0.1, 0.15) is 38.7 Å². The van der Waals surface area contributed by atoms with Gasteiger partial charge in [-0.3, -0.25) is 9.69 Å². The number of nitrogens with one attached hydrogen (secondary N) is 1. The van der Waals surface area contributed by atoms with Crippen LogP contribution >= 0.6 is 0 Å². The quantitative estimate of drug-likeness (QED) is 0.792. The first-order chi connectivity index (χ1) is 13.5. The lowest BCUT2D eigenvalue weighted by molar-refractivity contribution is -0.120. The minimum Gasteiger partial charge on any atom is -0.506 e. The van der Waals surface area contributed by atoms with Crippen molar-refractivity contribution in [2.75, 3.05) is 36.4 Å². The average Bonchev–Trinajstić information content (AvgIpc) is 2.73. The van der Waals surface area contributed by atoms with E-state index in [9.17, 15) is 9.90 Å². The fourth-order valence-electron chi connectivity index (χ4n) is 3.75. The van der Waals surface area contributed by atoms with Crippen LogP contribution in [-0.4, -0.2) is 48.1 Å². The first-order valence-electron chi connectivity index (χ1n) is 10.2. The summed E-state index contributed by atoms with van der Waals surface area (Å²) < 4.78 is 0. The lowest BCUT2D eigenvalue weighted by Gasteiger charge is -2.38. The molecule has 0 saturated carbocycles. The Morgan fingerprint density at radius 2 is 1.68 bits per heavy atom. The van der Waals surface area contributed by atoms with Crippen molar-refractivity contribution in [3.8, 4) is 5.75 Å². The van der Waals surface area contributed by atoms with Gasteiger partial charge in [0.1, 0.15) is 5.75 Å². The van der Waals surface area contributed by atoms with E-state index in [1.165, 1.54) is 5.56 Å². The maximum atomic E-state index is 12.9. The molecule has 2 N–H and O–H groups in total. The number of anilines is 2. The Labute approximate surface area is 168 Å². The number of hydrogen-bond acceptors (Lipinski definition) is 4. The van der Waals surface area contributed by atoms with Crippen molar-refractivity contribution >= 4 is 17.3 Å². The molecule has 0 radical (unpaired) electrons. The number of para-hydroxylation sites is 3. The van der Waals surface area contributed by atoms with Gasteiger partial charge < -0.3 is 15.3 Å². The van der Waals surface area contributed by atoms with E-state index in [1.54, 1.807) is 6.07 Å². The Morgan fingerprint density at radius 1 is 1.04 bits per heavy atom. The van der Waals surface area contributed by atoms with Crippen molar-refractivity contribution < 1.29 is 9.90 Å². The van der Waals surface area contributed by atoms with E-state index in [0.717, 1.165) is 44.0 Å². The number of benzene rings is 2. The van der Waals surface area contributed by atoms with Crippen LogP contribution in [0.2, 0.25) is 0 Å². The predicted molar refractivity (Wildman–Crippen MR) is 115 cm³/mol. The number of aromatic hydroxyl groups is 1. The highest BCUT2D eigenvalue weighted by atomic mass is 16.3. The van der Waals surface area contributed by atoms with Gasteiger partial charge in [0.15, 0.2) is 0 Å². The molecule has 2 aromatic carbocycles. The van der Waals surface area contributed by atoms with Crippen molar-refractivity contribution in [3.63, 3.8) is 0 Å². The summed E-state index contributed by atoms with van der Waals surface area (Å²) in [6.45, 7) is 9.47. The molecule has 1 amide bonds. The third-order valence-corrected chi connectivity index (χ3v) is 5.83. The van der Waals surface area contributed by atoms with E-state index >= 15 is 0 Å². The van der Waals surface area contributed by atoms with Crippen LogP contribution in [0.25, 0.3) is 0 Å². The third kappa shape index (κ3) is 4.47. The molecular weight excluding hydrogens is 350 g/mol. The van der Waals surface area contributed by atoms with Gasteiger partial charge in [-0.05, 0) is 43.0 Å². The number of hydrogen-bond donors (Lipinski definition) is 2. The van der Waals surface area contributed by atoms with Gasteiger partial charge in [-0.2, -0.15) is 0 Å². The van der Waals surface area contributed by atoms with Gasteiger partial charge in [0.05, 0.1) is 11.7 Å². The predicted octanol–water partition coefficient (Wildman–Crippen LogP) is 4.05. The van der Waals surface area contributed by atoms with Gasteiger partial charge in [0.25, 0.3) is 0 Å². The lowest BCUT2D eigenvalue weighted by atomic mass is 9.97. The Kier molecular flexibility index (Phi) is 6.57. The fourth-order valence-corrected chi connectivity index (χ4v) is 3.75. The summed E-state index contributed by atoms with van der Waals surface area (Å²) in [6, 6.07) is 15.3. The van der Waals surface area contributed by atoms with E-state index in [2.05, 4.69) is 35.0 Å². The molecular formula is C23H31N3O2. The molecule has 1 aliphatic heterocycles. The van der Waals surface area contributed by atoms with Crippen LogP contribution in [0.3, 0.4) is 0 Å². The molecule has 0 aromatic heterocycles. The van der Waals surface area contributed by atoms with E-state index in [4.69, 9.17) is 0 Å². The van der Waals surface area contributed by atoms with Crippen LogP contribution in [-0.2, 0) is 4.79 Å². The maximum Gasteiger partial charge on any atom is 0.241 e. The molecule has 1 aliphatic rings. The standard InChI is InChI=1S/C23H31N3O2/c1-4-17(2)19-9-5-6-10-20(19)24-23(28)18(3)25-13-15-26(16-14-25)21-11-7-8-12-22(21)27/h5-12,17-18,27H,4,13-16H2,1-3H3,(H,24,28)/t17-,18+/m0/s1. The van der Waals surface area contributed by atoms with E-state index in [-0.39, 0.29) is 11.9 Å². The monoisotopic (exact) mass is 381 g/mol. The van der Waals surface area contributed by atoms with Gasteiger partial charge in [0, 0.05) is 31.9 Å². The van der Waals surface area contributed by atoms with Gasteiger partial charge in [-0.15, -0.1) is 0 Å². The number of phenols is 1. The molecule has 1 heterocycles. The minimum atomic E-state index is -0.198. The number of nitrogens with zero attached hydrogens (tertiary/aromatic N) is 2. The summed E-state index contributed by atoms with van der Waals surface area (Å²) in [7, 11) is 0. The van der Waals surface area contributed by atoms with Crippen molar-refractivity contribution in [2.45, 2.75) is 39.2 Å². The first-order valence-corrected chi connectivity index (χ1v) is 10.2. The Morgan fingerprint density at radius 3 is 2.36 bits per heavy atom. The van der Waals surface area contributed by atoms with Gasteiger partial charge in [0.2, 0.25) is 5.91 Å². The zero-order valence-electron chi connectivity index (χ0n) is 17.1. The highest BCUT2D eigenvalue weighted by Crippen LogP contribution is 2.28. The van der Waals surface area contributed by atoms with E-state index in [0.29, 0.717) is 11.7 Å². The normalized spacial score (nSPS) is 17.2. The van der Waals surface area contributed by atoms with Crippen LogP contribution in [0, 0.1) is 0 Å². The molecule has 28 heavy (non-hydrogen) atoms. The van der Waals surface area contributed by atoms with E-state index in [1.807, 2.05) is 43.3 Å². The second-order valence-electron chi connectivity index (χ2n) is 7.57. The highest BCUT2D eigenvalue weighted by molar-refractivity contribution is 5.95. The van der Waals surface area contributed by atoms with Crippen molar-refractivity contribution in [1.82, 2.24) is 4.90 Å². The molecule has 1 fully saturated rings. The van der Waals surface area contributed by atoms with Crippen molar-refractivity contribution in [1.29, 1.82) is 0 Å². The van der Waals surface area contributed by atoms with Crippen LogP contribution in [0.5, 0.6) is 5.75 Å². The zero-order valence-corrected chi connectivity index (χ0v) is 17.1. The number of carbonyl (C=O) groups is 1. The second kappa shape index (κ2) is 9.11. The average molecular weight is 382 g/mol. The smallest absolute Gasteiger partial charge is 0.241 e. The number of amides is 1. The molecule has 1 saturated heterocycles. The number of rotatable bonds is 6. The van der Waals surface area contributed by atoms with Crippen LogP contribution in [0.15, 0.2) is 48.5 Å². The molecule has 150 valence electrons. The van der Waals surface area contributed by atoms with Crippen LogP contribution in [0.4, 0.5) is 11.4 Å². The minimum absolute atomic E-state index is 0.0340. The van der Waals surface area contributed by atoms with Gasteiger partial charge in [-0.25, -0.2) is 0 Å². The topological polar surface area (TPSA) is 55.8 Å². The third-order valence-electron chi connectivity index (χ3n) is 5.83. The summed E-state index contributed by atoms with van der Waals surface area (Å²) in [5, 5.41) is 13.2. The molecule has 0 spiro atoms. The number of carbonyl (C=O) groups excluding carboxylic acids is 1. The molecule has 3 rings (SSSR count).